The molecule has 10 heteroatoms. The summed E-state index contributed by atoms with van der Waals surface area (Å²) in [6, 6.07) is 1.17. The number of nitrogens with zero attached hydrogens (tertiary/aromatic N) is 3. The molecule has 2 saturated heterocycles. The Morgan fingerprint density at radius 1 is 1.20 bits per heavy atom. The minimum Gasteiger partial charge on any atom is -0.338 e. The number of pyridine rings is 1. The van der Waals surface area contributed by atoms with E-state index in [4.69, 9.17) is 0 Å². The van der Waals surface area contributed by atoms with Crippen molar-refractivity contribution >= 4 is 17.8 Å². The number of nitrogens with one attached hydrogen (secondary N) is 1. The second-order valence-corrected chi connectivity index (χ2v) is 5.88. The Morgan fingerprint density at radius 3 is 2.36 bits per heavy atom. The molecule has 0 spiro atoms. The van der Waals surface area contributed by atoms with Crippen LogP contribution in [0.4, 0.5) is 18.0 Å². The maximum Gasteiger partial charge on any atom is 0.433 e. The van der Waals surface area contributed by atoms with Gasteiger partial charge in [-0.3, -0.25) is 19.5 Å². The molecule has 2 aliphatic rings. The highest BCUT2D eigenvalue weighted by Crippen LogP contribution is 2.27. The molecule has 7 nitrogen and oxygen atoms in total. The summed E-state index contributed by atoms with van der Waals surface area (Å²) in [6.45, 7) is 0.596. The van der Waals surface area contributed by atoms with Crippen molar-refractivity contribution in [3.05, 3.63) is 29.6 Å². The average Bonchev–Trinajstić information content (AvgIpc) is 2.92. The van der Waals surface area contributed by atoms with E-state index in [0.717, 1.165) is 18.3 Å². The van der Waals surface area contributed by atoms with Crippen LogP contribution in [0.25, 0.3) is 0 Å². The molecule has 3 rings (SSSR count). The Balaban J connectivity index is 1.62. The first-order valence-electron chi connectivity index (χ1n) is 7.70. The molecule has 0 bridgehead atoms. The molecule has 4 amide bonds. The van der Waals surface area contributed by atoms with Gasteiger partial charge >= 0.3 is 12.2 Å². The van der Waals surface area contributed by atoms with Gasteiger partial charge in [-0.15, -0.1) is 0 Å². The number of imide groups is 1. The summed E-state index contributed by atoms with van der Waals surface area (Å²) in [7, 11) is 0. The number of piperidine rings is 1. The number of aromatic nitrogens is 1. The van der Waals surface area contributed by atoms with E-state index in [1.165, 1.54) is 9.80 Å². The van der Waals surface area contributed by atoms with Crippen molar-refractivity contribution in [2.24, 2.45) is 0 Å². The Labute approximate surface area is 140 Å². The molecule has 1 aromatic rings. The van der Waals surface area contributed by atoms with E-state index in [1.54, 1.807) is 0 Å². The normalized spacial score (nSPS) is 19.3. The molecule has 0 atom stereocenters. The molecule has 0 unspecified atom stereocenters. The Bertz CT molecular complexity index is 681. The average molecular weight is 356 g/mol. The van der Waals surface area contributed by atoms with E-state index < -0.39 is 23.8 Å². The largest absolute Gasteiger partial charge is 0.433 e. The SMILES string of the molecule is O=C(c1ccc(C(F)(F)F)nc1)N1CCC(N2C(=O)CNC2=O)CC1. The molecule has 0 aliphatic carbocycles. The lowest BCUT2D eigenvalue weighted by Gasteiger charge is -2.35. The van der Waals surface area contributed by atoms with E-state index in [0.29, 0.717) is 25.9 Å². The fourth-order valence-electron chi connectivity index (χ4n) is 3.00. The smallest absolute Gasteiger partial charge is 0.338 e. The quantitative estimate of drug-likeness (QED) is 0.809. The van der Waals surface area contributed by atoms with Crippen LogP contribution in [-0.2, 0) is 11.0 Å². The van der Waals surface area contributed by atoms with Gasteiger partial charge in [0.1, 0.15) is 5.69 Å². The van der Waals surface area contributed by atoms with Crippen LogP contribution >= 0.6 is 0 Å². The predicted molar refractivity (Wildman–Crippen MR) is 78.4 cm³/mol. The number of halogens is 3. The zero-order valence-electron chi connectivity index (χ0n) is 13.0. The highest BCUT2D eigenvalue weighted by molar-refractivity contribution is 6.02. The molecule has 1 aromatic heterocycles. The van der Waals surface area contributed by atoms with Crippen molar-refractivity contribution in [2.45, 2.75) is 25.1 Å². The minimum atomic E-state index is -4.55. The maximum atomic E-state index is 12.5. The van der Waals surface area contributed by atoms with Gasteiger partial charge < -0.3 is 10.2 Å². The molecular weight excluding hydrogens is 341 g/mol. The third kappa shape index (κ3) is 3.42. The summed E-state index contributed by atoms with van der Waals surface area (Å²) in [5.74, 6) is -0.710. The number of alkyl halides is 3. The van der Waals surface area contributed by atoms with Crippen molar-refractivity contribution in [2.75, 3.05) is 19.6 Å². The van der Waals surface area contributed by atoms with Crippen molar-refractivity contribution < 1.29 is 27.6 Å². The number of likely N-dealkylation sites (tertiary alicyclic amines) is 1. The van der Waals surface area contributed by atoms with Crippen molar-refractivity contribution in [1.29, 1.82) is 0 Å². The van der Waals surface area contributed by atoms with E-state index in [2.05, 4.69) is 10.3 Å². The fourth-order valence-corrected chi connectivity index (χ4v) is 3.00. The molecule has 134 valence electrons. The van der Waals surface area contributed by atoms with Crippen molar-refractivity contribution in [1.82, 2.24) is 20.1 Å². The minimum absolute atomic E-state index is 0.0186. The van der Waals surface area contributed by atoms with Gasteiger partial charge in [-0.25, -0.2) is 4.79 Å². The van der Waals surface area contributed by atoms with Crippen LogP contribution < -0.4 is 5.32 Å². The third-order valence-corrected chi connectivity index (χ3v) is 4.30. The second kappa shape index (κ2) is 6.34. The summed E-state index contributed by atoms with van der Waals surface area (Å²) in [5.41, 5.74) is -0.984. The summed E-state index contributed by atoms with van der Waals surface area (Å²) in [6.07, 6.45) is -2.78. The van der Waals surface area contributed by atoms with Crippen LogP contribution in [0.1, 0.15) is 28.9 Å². The first kappa shape index (κ1) is 17.2. The summed E-state index contributed by atoms with van der Waals surface area (Å²) < 4.78 is 37.5. The number of hydrogen-bond donors (Lipinski definition) is 1. The molecule has 2 fully saturated rings. The Morgan fingerprint density at radius 2 is 1.88 bits per heavy atom. The van der Waals surface area contributed by atoms with Gasteiger partial charge in [-0.05, 0) is 25.0 Å². The molecule has 0 saturated carbocycles. The van der Waals surface area contributed by atoms with Gasteiger partial charge in [0, 0.05) is 25.3 Å². The topological polar surface area (TPSA) is 82.6 Å². The molecule has 3 heterocycles. The lowest BCUT2D eigenvalue weighted by molar-refractivity contribution is -0.141. The van der Waals surface area contributed by atoms with Crippen LogP contribution in [0.5, 0.6) is 0 Å². The zero-order valence-corrected chi connectivity index (χ0v) is 13.0. The first-order chi connectivity index (χ1) is 11.8. The second-order valence-electron chi connectivity index (χ2n) is 5.88. The standard InChI is InChI=1S/C15H15F3N4O3/c16-15(17,18)11-2-1-9(7-19-11)13(24)21-5-3-10(4-6-21)22-12(23)8-20-14(22)25/h1-2,7,10H,3-6,8H2,(H,20,25). The zero-order chi connectivity index (χ0) is 18.2. The van der Waals surface area contributed by atoms with E-state index in [1.807, 2.05) is 0 Å². The number of urea groups is 1. The van der Waals surface area contributed by atoms with Crippen molar-refractivity contribution in [3.8, 4) is 0 Å². The third-order valence-electron chi connectivity index (χ3n) is 4.30. The van der Waals surface area contributed by atoms with Crippen LogP contribution in [0.15, 0.2) is 18.3 Å². The van der Waals surface area contributed by atoms with Crippen molar-refractivity contribution in [3.63, 3.8) is 0 Å². The van der Waals surface area contributed by atoms with Gasteiger partial charge in [0.15, 0.2) is 0 Å². The first-order valence-corrected chi connectivity index (χ1v) is 7.70. The lowest BCUT2D eigenvalue weighted by atomic mass is 10.0. The van der Waals surface area contributed by atoms with Gasteiger partial charge in [0.05, 0.1) is 12.1 Å². The summed E-state index contributed by atoms with van der Waals surface area (Å²) in [4.78, 5) is 41.7. The van der Waals surface area contributed by atoms with Gasteiger partial charge in [-0.2, -0.15) is 13.2 Å². The molecule has 2 aliphatic heterocycles. The Hall–Kier alpha value is -2.65. The predicted octanol–water partition coefficient (Wildman–Crippen LogP) is 1.26. The van der Waals surface area contributed by atoms with Gasteiger partial charge in [0.25, 0.3) is 5.91 Å². The fraction of sp³-hybridized carbons (Fsp3) is 0.467. The molecular formula is C15H15F3N4O3. The summed E-state index contributed by atoms with van der Waals surface area (Å²) >= 11 is 0. The Kier molecular flexibility index (Phi) is 4.36. The van der Waals surface area contributed by atoms with Gasteiger partial charge in [-0.1, -0.05) is 0 Å². The van der Waals surface area contributed by atoms with E-state index in [9.17, 15) is 27.6 Å². The number of amides is 4. The van der Waals surface area contributed by atoms with Crippen LogP contribution in [0.3, 0.4) is 0 Å². The van der Waals surface area contributed by atoms with Crippen LogP contribution in [0.2, 0.25) is 0 Å². The van der Waals surface area contributed by atoms with E-state index >= 15 is 0 Å². The number of rotatable bonds is 2. The monoisotopic (exact) mass is 356 g/mol. The van der Waals surface area contributed by atoms with E-state index in [-0.39, 0.29) is 24.1 Å². The highest BCUT2D eigenvalue weighted by Gasteiger charge is 2.37. The van der Waals surface area contributed by atoms with Crippen LogP contribution in [-0.4, -0.2) is 58.3 Å². The lowest BCUT2D eigenvalue weighted by Crippen LogP contribution is -2.49. The molecule has 25 heavy (non-hydrogen) atoms. The summed E-state index contributed by atoms with van der Waals surface area (Å²) in [5, 5.41) is 2.45. The highest BCUT2D eigenvalue weighted by atomic mass is 19.4. The molecule has 0 aromatic carbocycles. The molecule has 1 N–H and O–H groups in total. The number of carbonyl (C=O) groups excluding carboxylic acids is 3. The van der Waals surface area contributed by atoms with Crippen LogP contribution in [0, 0.1) is 0 Å². The number of hydrogen-bond acceptors (Lipinski definition) is 4. The molecule has 0 radical (unpaired) electrons. The maximum absolute atomic E-state index is 12.5. The number of carbonyl (C=O) groups is 3. The van der Waals surface area contributed by atoms with Gasteiger partial charge in [0.2, 0.25) is 5.91 Å².